The number of carbonyl (C=O) groups is 3. The van der Waals surface area contributed by atoms with Gasteiger partial charge in [0, 0.05) is 18.5 Å². The molecule has 2 N–H and O–H groups in total. The van der Waals surface area contributed by atoms with Crippen LogP contribution in [-0.2, 0) is 24.3 Å². The standard InChI is InChI=1S/C31H34N4O8S/c1-17-10-12-22(13-11-17)44(40,41)34-15-18(2)31(16-34)25-23(28(37)35(29(25)38)21-8-6-5-7-9-21)14-24(27(31)36)42-30(39)32-26-19(3)33-43-20(26)4/h5-13,18,23-25,27,36H,14-16H2,1-4H3,(H,32,39)/t18-,23-,24-,25+,27-,31+/m1/s1. The molecule has 12 nitrogen and oxygen atoms in total. The highest BCUT2D eigenvalue weighted by Crippen LogP contribution is 2.58. The van der Waals surface area contributed by atoms with Crippen molar-refractivity contribution >= 4 is 39.3 Å². The van der Waals surface area contributed by atoms with E-state index in [-0.39, 0.29) is 24.4 Å². The molecule has 2 aliphatic heterocycles. The van der Waals surface area contributed by atoms with E-state index in [1.165, 1.54) is 16.4 Å². The number of aliphatic hydroxyl groups excluding tert-OH is 1. The van der Waals surface area contributed by atoms with Gasteiger partial charge in [-0.15, -0.1) is 0 Å². The van der Waals surface area contributed by atoms with Crippen LogP contribution in [0.1, 0.15) is 30.4 Å². The number of nitrogens with one attached hydrogen (secondary N) is 1. The van der Waals surface area contributed by atoms with Crippen LogP contribution in [0.25, 0.3) is 0 Å². The minimum atomic E-state index is -4.02. The number of rotatable bonds is 5. The zero-order chi connectivity index (χ0) is 31.6. The molecule has 6 rings (SSSR count). The Bertz CT molecular complexity index is 1710. The number of anilines is 2. The number of hydrogen-bond donors (Lipinski definition) is 2. The van der Waals surface area contributed by atoms with Gasteiger partial charge in [0.15, 0.2) is 5.76 Å². The molecular weight excluding hydrogens is 588 g/mol. The van der Waals surface area contributed by atoms with Crippen LogP contribution in [0.2, 0.25) is 0 Å². The lowest BCUT2D eigenvalue weighted by molar-refractivity contribution is -0.163. The fourth-order valence-electron chi connectivity index (χ4n) is 7.19. The first kappa shape index (κ1) is 30.0. The van der Waals surface area contributed by atoms with Crippen molar-refractivity contribution < 1.29 is 37.2 Å². The Balaban J connectivity index is 1.39. The van der Waals surface area contributed by atoms with E-state index in [1.54, 1.807) is 63.2 Å². The molecule has 0 bridgehead atoms. The maximum Gasteiger partial charge on any atom is 0.412 e. The van der Waals surface area contributed by atoms with Crippen LogP contribution in [0.3, 0.4) is 0 Å². The van der Waals surface area contributed by atoms with E-state index in [1.807, 2.05) is 6.92 Å². The fraction of sp³-hybridized carbons (Fsp3) is 0.419. The Morgan fingerprint density at radius 2 is 1.75 bits per heavy atom. The summed E-state index contributed by atoms with van der Waals surface area (Å²) in [5.74, 6) is -3.20. The summed E-state index contributed by atoms with van der Waals surface area (Å²) < 4.78 is 39.8. The number of aryl methyl sites for hydroxylation is 3. The first-order valence-electron chi connectivity index (χ1n) is 14.4. The number of imide groups is 1. The van der Waals surface area contributed by atoms with Crippen molar-refractivity contribution in [1.29, 1.82) is 0 Å². The van der Waals surface area contributed by atoms with Crippen LogP contribution < -0.4 is 10.2 Å². The number of benzene rings is 2. The topological polar surface area (TPSA) is 159 Å². The number of aliphatic hydroxyl groups is 1. The van der Waals surface area contributed by atoms with Crippen LogP contribution in [0.15, 0.2) is 64.0 Å². The second-order valence-corrected chi connectivity index (χ2v) is 13.9. The Labute approximate surface area is 255 Å². The van der Waals surface area contributed by atoms with Crippen molar-refractivity contribution in [3.63, 3.8) is 0 Å². The van der Waals surface area contributed by atoms with Gasteiger partial charge in [-0.1, -0.05) is 48.0 Å². The number of amides is 3. The maximum absolute atomic E-state index is 14.2. The number of sulfonamides is 1. The first-order chi connectivity index (χ1) is 20.9. The number of carbonyl (C=O) groups excluding carboxylic acids is 3. The van der Waals surface area contributed by atoms with Crippen LogP contribution in [0.4, 0.5) is 16.2 Å². The summed E-state index contributed by atoms with van der Waals surface area (Å²) in [6.07, 6.45) is -3.69. The third-order valence-corrected chi connectivity index (χ3v) is 11.3. The summed E-state index contributed by atoms with van der Waals surface area (Å²) in [6, 6.07) is 14.9. The van der Waals surface area contributed by atoms with Gasteiger partial charge < -0.3 is 14.4 Å². The van der Waals surface area contributed by atoms with Crippen molar-refractivity contribution in [3.8, 4) is 0 Å². The predicted molar refractivity (Wildman–Crippen MR) is 158 cm³/mol. The lowest BCUT2D eigenvalue weighted by Crippen LogP contribution is -2.61. The smallest absolute Gasteiger partial charge is 0.412 e. The minimum absolute atomic E-state index is 0.00128. The van der Waals surface area contributed by atoms with Gasteiger partial charge in [0.2, 0.25) is 21.8 Å². The number of nitrogens with zero attached hydrogens (tertiary/aromatic N) is 3. The van der Waals surface area contributed by atoms with Crippen LogP contribution in [-0.4, -0.2) is 66.2 Å². The minimum Gasteiger partial charge on any atom is -0.443 e. The van der Waals surface area contributed by atoms with Gasteiger partial charge in [0.1, 0.15) is 17.5 Å². The molecule has 3 heterocycles. The van der Waals surface area contributed by atoms with E-state index in [2.05, 4.69) is 10.5 Å². The summed E-state index contributed by atoms with van der Waals surface area (Å²) in [5.41, 5.74) is 0.596. The highest BCUT2D eigenvalue weighted by atomic mass is 32.2. The fourth-order valence-corrected chi connectivity index (χ4v) is 8.78. The van der Waals surface area contributed by atoms with E-state index in [0.29, 0.717) is 22.8 Å². The molecule has 0 unspecified atom stereocenters. The molecule has 2 aromatic carbocycles. The molecular formula is C31H34N4O8S. The quantitative estimate of drug-likeness (QED) is 0.407. The zero-order valence-electron chi connectivity index (χ0n) is 24.8. The Morgan fingerprint density at radius 1 is 1.07 bits per heavy atom. The van der Waals surface area contributed by atoms with E-state index in [0.717, 1.165) is 10.5 Å². The van der Waals surface area contributed by atoms with Crippen LogP contribution in [0.5, 0.6) is 0 Å². The Kier molecular flexibility index (Phi) is 7.38. The Hall–Kier alpha value is -4.07. The zero-order valence-corrected chi connectivity index (χ0v) is 25.6. The number of ether oxygens (including phenoxy) is 1. The van der Waals surface area contributed by atoms with Crippen molar-refractivity contribution in [3.05, 3.63) is 71.6 Å². The maximum atomic E-state index is 14.2. The summed E-state index contributed by atoms with van der Waals surface area (Å²) in [6.45, 7) is 6.65. The summed E-state index contributed by atoms with van der Waals surface area (Å²) in [4.78, 5) is 42.4. The lowest BCUT2D eigenvalue weighted by atomic mass is 9.56. The molecule has 3 amide bonds. The lowest BCUT2D eigenvalue weighted by Gasteiger charge is -2.49. The third kappa shape index (κ3) is 4.61. The molecule has 3 aromatic rings. The average molecular weight is 623 g/mol. The van der Waals surface area contributed by atoms with E-state index in [4.69, 9.17) is 9.26 Å². The average Bonchev–Trinajstić information content (AvgIpc) is 3.59. The van der Waals surface area contributed by atoms with Crippen LogP contribution >= 0.6 is 0 Å². The molecule has 1 aliphatic carbocycles. The molecule has 1 saturated carbocycles. The molecule has 0 radical (unpaired) electrons. The third-order valence-electron chi connectivity index (χ3n) is 9.43. The van der Waals surface area contributed by atoms with Gasteiger partial charge in [0.05, 0.1) is 28.5 Å². The van der Waals surface area contributed by atoms with E-state index in [9.17, 15) is 27.9 Å². The number of para-hydroxylation sites is 1. The first-order valence-corrected chi connectivity index (χ1v) is 15.9. The molecule has 3 aliphatic rings. The number of fused-ring (bicyclic) bond motifs is 2. The van der Waals surface area contributed by atoms with Crippen molar-refractivity contribution in [2.75, 3.05) is 23.3 Å². The number of hydrogen-bond acceptors (Lipinski definition) is 9. The van der Waals surface area contributed by atoms with Crippen molar-refractivity contribution in [2.24, 2.45) is 23.2 Å². The largest absolute Gasteiger partial charge is 0.443 e. The van der Waals surface area contributed by atoms with Crippen molar-refractivity contribution in [2.45, 2.75) is 51.2 Å². The van der Waals surface area contributed by atoms with E-state index < -0.39 is 63.3 Å². The van der Waals surface area contributed by atoms with Gasteiger partial charge >= 0.3 is 6.09 Å². The van der Waals surface area contributed by atoms with Gasteiger partial charge in [-0.05, 0) is 57.4 Å². The molecule has 13 heteroatoms. The number of aromatic nitrogens is 1. The molecule has 232 valence electrons. The van der Waals surface area contributed by atoms with Gasteiger partial charge in [-0.2, -0.15) is 4.31 Å². The van der Waals surface area contributed by atoms with Crippen molar-refractivity contribution in [1.82, 2.24) is 9.46 Å². The van der Waals surface area contributed by atoms with Gasteiger partial charge in [-0.3, -0.25) is 19.8 Å². The second kappa shape index (κ2) is 10.8. The predicted octanol–water partition coefficient (Wildman–Crippen LogP) is 3.41. The molecule has 2 saturated heterocycles. The Morgan fingerprint density at radius 3 is 2.39 bits per heavy atom. The highest BCUT2D eigenvalue weighted by Gasteiger charge is 2.70. The summed E-state index contributed by atoms with van der Waals surface area (Å²) in [7, 11) is -4.02. The normalized spacial score (nSPS) is 28.8. The monoisotopic (exact) mass is 622 g/mol. The molecule has 3 fully saturated rings. The van der Waals surface area contributed by atoms with Crippen LogP contribution in [0, 0.1) is 43.9 Å². The highest BCUT2D eigenvalue weighted by molar-refractivity contribution is 7.89. The molecule has 1 spiro atoms. The summed E-state index contributed by atoms with van der Waals surface area (Å²) >= 11 is 0. The summed E-state index contributed by atoms with van der Waals surface area (Å²) in [5, 5.41) is 18.4. The molecule has 6 atom stereocenters. The SMILES string of the molecule is Cc1ccc(S(=O)(=O)N2C[C@@H](C)[C@]3(C2)[C@H](O)[C@H](OC(=O)Nc2c(C)noc2C)C[C@H]2C(=O)N(c4ccccc4)C(=O)[C@H]23)cc1. The molecule has 1 aromatic heterocycles. The van der Waals surface area contributed by atoms with E-state index >= 15 is 0 Å². The van der Waals surface area contributed by atoms with Gasteiger partial charge in [0.25, 0.3) is 0 Å². The van der Waals surface area contributed by atoms with Gasteiger partial charge in [-0.25, -0.2) is 13.2 Å². The molecule has 44 heavy (non-hydrogen) atoms. The second-order valence-electron chi connectivity index (χ2n) is 12.0.